The van der Waals surface area contributed by atoms with Crippen LogP contribution in [0.25, 0.3) is 5.65 Å². The molecule has 0 aliphatic heterocycles. The molecular formula is C24H25N5O5S. The number of aromatic nitrogens is 3. The van der Waals surface area contributed by atoms with Crippen LogP contribution in [0.5, 0.6) is 5.75 Å². The summed E-state index contributed by atoms with van der Waals surface area (Å²) >= 11 is 0. The van der Waals surface area contributed by atoms with Crippen LogP contribution in [0.4, 0.5) is 5.69 Å². The van der Waals surface area contributed by atoms with Gasteiger partial charge in [-0.3, -0.25) is 13.9 Å². The lowest BCUT2D eigenvalue weighted by Crippen LogP contribution is -2.27. The van der Waals surface area contributed by atoms with E-state index >= 15 is 0 Å². The topological polar surface area (TPSA) is 124 Å². The van der Waals surface area contributed by atoms with E-state index in [0.717, 1.165) is 0 Å². The molecule has 2 aromatic carbocycles. The molecule has 0 fully saturated rings. The first-order chi connectivity index (χ1) is 16.9. The summed E-state index contributed by atoms with van der Waals surface area (Å²) in [4.78, 5) is 24.8. The highest BCUT2D eigenvalue weighted by Crippen LogP contribution is 2.20. The highest BCUT2D eigenvalue weighted by Gasteiger charge is 2.17. The number of aryl methyl sites for hydroxylation is 1. The van der Waals surface area contributed by atoms with Gasteiger partial charge in [-0.25, -0.2) is 17.9 Å². The molecule has 0 unspecified atom stereocenters. The first kappa shape index (κ1) is 24.0. The minimum Gasteiger partial charge on any atom is -0.494 e. The first-order valence-electron chi connectivity index (χ1n) is 11.1. The van der Waals surface area contributed by atoms with E-state index in [1.54, 1.807) is 48.7 Å². The van der Waals surface area contributed by atoms with Crippen molar-refractivity contribution in [1.82, 2.24) is 19.5 Å². The maximum atomic E-state index is 12.8. The predicted molar refractivity (Wildman–Crippen MR) is 131 cm³/mol. The third-order valence-corrected chi connectivity index (χ3v) is 6.52. The lowest BCUT2D eigenvalue weighted by Gasteiger charge is -2.11. The van der Waals surface area contributed by atoms with E-state index in [1.807, 2.05) is 6.92 Å². The van der Waals surface area contributed by atoms with Crippen molar-refractivity contribution < 1.29 is 17.9 Å². The van der Waals surface area contributed by atoms with Gasteiger partial charge in [0.05, 0.1) is 11.5 Å². The minimum absolute atomic E-state index is 0.0321. The number of hydrogen-bond donors (Lipinski definition) is 2. The normalized spacial score (nSPS) is 11.3. The third kappa shape index (κ3) is 5.69. The predicted octanol–water partition coefficient (Wildman–Crippen LogP) is 2.52. The van der Waals surface area contributed by atoms with Crippen molar-refractivity contribution in [1.29, 1.82) is 0 Å². The van der Waals surface area contributed by atoms with Gasteiger partial charge in [-0.1, -0.05) is 12.1 Å². The molecule has 0 saturated heterocycles. The molecule has 0 saturated carbocycles. The molecule has 0 atom stereocenters. The molecule has 11 heteroatoms. The first-order valence-corrected chi connectivity index (χ1v) is 12.5. The Balaban J connectivity index is 1.35. The Morgan fingerprint density at radius 3 is 2.60 bits per heavy atom. The van der Waals surface area contributed by atoms with Gasteiger partial charge in [0.2, 0.25) is 0 Å². The minimum atomic E-state index is -3.89. The summed E-state index contributed by atoms with van der Waals surface area (Å²) in [5, 5.41) is 7.00. The van der Waals surface area contributed by atoms with E-state index in [9.17, 15) is 18.0 Å². The zero-order valence-corrected chi connectivity index (χ0v) is 19.9. The van der Waals surface area contributed by atoms with Crippen LogP contribution in [0.3, 0.4) is 0 Å². The molecule has 35 heavy (non-hydrogen) atoms. The van der Waals surface area contributed by atoms with Crippen molar-refractivity contribution in [3.8, 4) is 5.75 Å². The van der Waals surface area contributed by atoms with Gasteiger partial charge in [-0.15, -0.1) is 5.10 Å². The van der Waals surface area contributed by atoms with Crippen LogP contribution < -0.4 is 20.5 Å². The second kappa shape index (κ2) is 10.4. The van der Waals surface area contributed by atoms with Crippen LogP contribution in [0.2, 0.25) is 0 Å². The molecule has 0 aliphatic rings. The number of fused-ring (bicyclic) bond motifs is 1. The fourth-order valence-corrected chi connectivity index (χ4v) is 4.56. The fraction of sp³-hybridized carbons (Fsp3) is 0.208. The summed E-state index contributed by atoms with van der Waals surface area (Å²) in [6, 6.07) is 17.6. The third-order valence-electron chi connectivity index (χ3n) is 5.14. The van der Waals surface area contributed by atoms with E-state index in [1.165, 1.54) is 33.3 Å². The number of carbonyl (C=O) groups is 1. The summed E-state index contributed by atoms with van der Waals surface area (Å²) in [7, 11) is -3.89. The molecule has 2 aromatic heterocycles. The highest BCUT2D eigenvalue weighted by molar-refractivity contribution is 7.92. The van der Waals surface area contributed by atoms with Gasteiger partial charge in [0.1, 0.15) is 5.75 Å². The van der Waals surface area contributed by atoms with E-state index in [4.69, 9.17) is 4.74 Å². The molecule has 4 aromatic rings. The molecule has 2 heterocycles. The van der Waals surface area contributed by atoms with Gasteiger partial charge in [-0.05, 0) is 67.9 Å². The number of pyridine rings is 1. The molecule has 0 spiro atoms. The fourth-order valence-electron chi connectivity index (χ4n) is 3.45. The van der Waals surface area contributed by atoms with Crippen LogP contribution >= 0.6 is 0 Å². The van der Waals surface area contributed by atoms with Crippen molar-refractivity contribution in [2.24, 2.45) is 0 Å². The second-order valence-electron chi connectivity index (χ2n) is 7.63. The Morgan fingerprint density at radius 2 is 1.86 bits per heavy atom. The number of nitrogens with one attached hydrogen (secondary N) is 2. The molecule has 1 amide bonds. The number of hydrogen-bond acceptors (Lipinski definition) is 6. The van der Waals surface area contributed by atoms with Crippen molar-refractivity contribution in [3.05, 3.63) is 89.0 Å². The standard InChI is InChI=1S/C24H25N5O5S/c1-2-34-20-12-10-19(11-13-20)27-35(32,33)21-8-5-7-18(17-21)23(30)25-14-6-16-29-24(31)28-15-4-3-9-22(28)26-29/h3-5,7-13,15,17,27H,2,6,14,16H2,1H3,(H,25,30). The van der Waals surface area contributed by atoms with Crippen molar-refractivity contribution in [3.63, 3.8) is 0 Å². The lowest BCUT2D eigenvalue weighted by atomic mass is 10.2. The molecule has 0 bridgehead atoms. The van der Waals surface area contributed by atoms with Gasteiger partial charge in [0.15, 0.2) is 5.65 Å². The van der Waals surface area contributed by atoms with Crippen LogP contribution in [-0.4, -0.2) is 41.7 Å². The number of benzene rings is 2. The second-order valence-corrected chi connectivity index (χ2v) is 9.32. The van der Waals surface area contributed by atoms with E-state index in [-0.39, 0.29) is 16.1 Å². The zero-order valence-electron chi connectivity index (χ0n) is 19.0. The van der Waals surface area contributed by atoms with Crippen LogP contribution in [0, 0.1) is 0 Å². The van der Waals surface area contributed by atoms with E-state index in [2.05, 4.69) is 15.1 Å². The van der Waals surface area contributed by atoms with E-state index < -0.39 is 15.9 Å². The summed E-state index contributed by atoms with van der Waals surface area (Å²) in [5.74, 6) is 0.227. The van der Waals surface area contributed by atoms with Crippen molar-refractivity contribution in [2.75, 3.05) is 17.9 Å². The molecule has 4 rings (SSSR count). The Morgan fingerprint density at radius 1 is 1.06 bits per heavy atom. The average Bonchev–Trinajstić information content (AvgIpc) is 3.18. The summed E-state index contributed by atoms with van der Waals surface area (Å²) in [5.41, 5.74) is 0.901. The number of rotatable bonds is 10. The van der Waals surface area contributed by atoms with Crippen LogP contribution in [0.15, 0.2) is 82.6 Å². The van der Waals surface area contributed by atoms with Crippen LogP contribution in [-0.2, 0) is 16.6 Å². The average molecular weight is 496 g/mol. The molecule has 2 N–H and O–H groups in total. The molecular weight excluding hydrogens is 470 g/mol. The van der Waals surface area contributed by atoms with E-state index in [0.29, 0.717) is 43.2 Å². The molecule has 10 nitrogen and oxygen atoms in total. The van der Waals surface area contributed by atoms with Crippen molar-refractivity contribution in [2.45, 2.75) is 24.8 Å². The highest BCUT2D eigenvalue weighted by atomic mass is 32.2. The number of sulfonamides is 1. The Bertz CT molecular complexity index is 1490. The SMILES string of the molecule is CCOc1ccc(NS(=O)(=O)c2cccc(C(=O)NCCCn3nc4ccccn4c3=O)c2)cc1. The van der Waals surface area contributed by atoms with Crippen LogP contribution in [0.1, 0.15) is 23.7 Å². The van der Waals surface area contributed by atoms with Gasteiger partial charge in [0.25, 0.3) is 15.9 Å². The Hall–Kier alpha value is -4.12. The summed E-state index contributed by atoms with van der Waals surface area (Å²) < 4.78 is 36.2. The Kier molecular flexibility index (Phi) is 7.16. The Labute approximate surface area is 202 Å². The molecule has 0 radical (unpaired) electrons. The van der Waals surface area contributed by atoms with Gasteiger partial charge < -0.3 is 10.1 Å². The monoisotopic (exact) mass is 495 g/mol. The zero-order chi connectivity index (χ0) is 24.8. The number of carbonyl (C=O) groups excluding carboxylic acids is 1. The number of amides is 1. The summed E-state index contributed by atoms with van der Waals surface area (Å²) in [6.45, 7) is 3.00. The number of anilines is 1. The summed E-state index contributed by atoms with van der Waals surface area (Å²) in [6.07, 6.45) is 2.13. The lowest BCUT2D eigenvalue weighted by molar-refractivity contribution is 0.0952. The van der Waals surface area contributed by atoms with Gasteiger partial charge in [0, 0.05) is 30.5 Å². The largest absolute Gasteiger partial charge is 0.494 e. The van der Waals surface area contributed by atoms with Gasteiger partial charge >= 0.3 is 5.69 Å². The smallest absolute Gasteiger partial charge is 0.350 e. The maximum Gasteiger partial charge on any atom is 0.350 e. The van der Waals surface area contributed by atoms with Gasteiger partial charge in [-0.2, -0.15) is 0 Å². The number of ether oxygens (including phenoxy) is 1. The molecule has 0 aliphatic carbocycles. The quantitative estimate of drug-likeness (QED) is 0.326. The number of nitrogens with zero attached hydrogens (tertiary/aromatic N) is 3. The molecule has 182 valence electrons. The maximum absolute atomic E-state index is 12.8. The van der Waals surface area contributed by atoms with Crippen molar-refractivity contribution >= 4 is 27.3 Å².